The van der Waals surface area contributed by atoms with Gasteiger partial charge < -0.3 is 0 Å². The molecule has 1 heterocycles. The van der Waals surface area contributed by atoms with E-state index in [1.807, 2.05) is 73.7 Å². The van der Waals surface area contributed by atoms with Crippen LogP contribution in [0.3, 0.4) is 0 Å². The van der Waals surface area contributed by atoms with Crippen LogP contribution in [-0.2, 0) is 0 Å². The molecule has 5 nitrogen and oxygen atoms in total. The zero-order chi connectivity index (χ0) is 17.5. The fourth-order valence-electron chi connectivity index (χ4n) is 2.30. The SMILES string of the molecule is CC(/C=N/NC(=O)c1cc(-c2ccccc2)n[nH]1)=C\c1ccccc1. The topological polar surface area (TPSA) is 70.1 Å². The van der Waals surface area contributed by atoms with Gasteiger partial charge in [0, 0.05) is 5.56 Å². The van der Waals surface area contributed by atoms with Crippen molar-refractivity contribution in [3.8, 4) is 11.3 Å². The highest BCUT2D eigenvalue weighted by molar-refractivity contribution is 5.94. The summed E-state index contributed by atoms with van der Waals surface area (Å²) in [5.74, 6) is -0.335. The van der Waals surface area contributed by atoms with Crippen LogP contribution in [0.15, 0.2) is 77.4 Å². The van der Waals surface area contributed by atoms with Crippen LogP contribution in [0.2, 0.25) is 0 Å². The molecule has 0 unspecified atom stereocenters. The predicted octanol–water partition coefficient (Wildman–Crippen LogP) is 3.90. The van der Waals surface area contributed by atoms with Crippen molar-refractivity contribution in [2.75, 3.05) is 0 Å². The van der Waals surface area contributed by atoms with E-state index >= 15 is 0 Å². The molecule has 0 fully saturated rings. The smallest absolute Gasteiger partial charge is 0.272 e. The molecule has 0 spiro atoms. The van der Waals surface area contributed by atoms with E-state index in [9.17, 15) is 4.79 Å². The van der Waals surface area contributed by atoms with Crippen LogP contribution in [0.25, 0.3) is 17.3 Å². The highest BCUT2D eigenvalue weighted by Gasteiger charge is 2.09. The van der Waals surface area contributed by atoms with Crippen molar-refractivity contribution in [2.24, 2.45) is 5.10 Å². The number of allylic oxidation sites excluding steroid dienone is 1. The van der Waals surface area contributed by atoms with E-state index < -0.39 is 0 Å². The summed E-state index contributed by atoms with van der Waals surface area (Å²) in [5, 5.41) is 10.9. The molecule has 5 heteroatoms. The Morgan fingerprint density at radius 3 is 2.48 bits per heavy atom. The number of hydrogen-bond acceptors (Lipinski definition) is 3. The third-order valence-corrected chi connectivity index (χ3v) is 3.52. The van der Waals surface area contributed by atoms with E-state index in [1.165, 1.54) is 0 Å². The van der Waals surface area contributed by atoms with E-state index in [0.717, 1.165) is 22.4 Å². The summed E-state index contributed by atoms with van der Waals surface area (Å²) >= 11 is 0. The first-order valence-corrected chi connectivity index (χ1v) is 7.90. The maximum atomic E-state index is 12.1. The number of rotatable bonds is 5. The van der Waals surface area contributed by atoms with Crippen molar-refractivity contribution in [2.45, 2.75) is 6.92 Å². The molecule has 0 radical (unpaired) electrons. The number of aromatic nitrogens is 2. The number of benzene rings is 2. The molecule has 1 aromatic heterocycles. The minimum absolute atomic E-state index is 0.335. The summed E-state index contributed by atoms with van der Waals surface area (Å²) in [4.78, 5) is 12.1. The summed E-state index contributed by atoms with van der Waals surface area (Å²) in [5.41, 5.74) is 6.54. The minimum atomic E-state index is -0.335. The number of H-pyrrole nitrogens is 1. The summed E-state index contributed by atoms with van der Waals surface area (Å²) in [7, 11) is 0. The summed E-state index contributed by atoms with van der Waals surface area (Å²) in [6, 6.07) is 21.3. The van der Waals surface area contributed by atoms with E-state index in [2.05, 4.69) is 20.7 Å². The van der Waals surface area contributed by atoms with Crippen molar-refractivity contribution < 1.29 is 4.79 Å². The van der Waals surface area contributed by atoms with Gasteiger partial charge in [-0.2, -0.15) is 10.2 Å². The van der Waals surface area contributed by atoms with Gasteiger partial charge in [0.05, 0.1) is 11.9 Å². The number of aromatic amines is 1. The molecule has 0 aliphatic carbocycles. The molecule has 3 aromatic rings. The van der Waals surface area contributed by atoms with Gasteiger partial charge in [0.15, 0.2) is 0 Å². The van der Waals surface area contributed by atoms with Crippen LogP contribution in [0.5, 0.6) is 0 Å². The molecule has 25 heavy (non-hydrogen) atoms. The second-order valence-electron chi connectivity index (χ2n) is 5.53. The van der Waals surface area contributed by atoms with Crippen molar-refractivity contribution in [3.63, 3.8) is 0 Å². The summed E-state index contributed by atoms with van der Waals surface area (Å²) in [6.07, 6.45) is 3.60. The molecule has 0 atom stereocenters. The van der Waals surface area contributed by atoms with Crippen molar-refractivity contribution in [1.29, 1.82) is 0 Å². The van der Waals surface area contributed by atoms with Gasteiger partial charge in [0.1, 0.15) is 5.69 Å². The highest BCUT2D eigenvalue weighted by atomic mass is 16.2. The minimum Gasteiger partial charge on any atom is -0.272 e. The molecule has 3 rings (SSSR count). The number of hydrazone groups is 1. The fraction of sp³-hybridized carbons (Fsp3) is 0.0500. The molecule has 2 aromatic carbocycles. The molecule has 0 aliphatic heterocycles. The zero-order valence-corrected chi connectivity index (χ0v) is 13.8. The van der Waals surface area contributed by atoms with E-state index in [4.69, 9.17) is 0 Å². The van der Waals surface area contributed by atoms with Gasteiger partial charge in [-0.25, -0.2) is 5.43 Å². The van der Waals surface area contributed by atoms with Gasteiger partial charge in [-0.15, -0.1) is 0 Å². The average molecular weight is 330 g/mol. The lowest BCUT2D eigenvalue weighted by Gasteiger charge is -1.97. The summed E-state index contributed by atoms with van der Waals surface area (Å²) in [6.45, 7) is 1.92. The monoisotopic (exact) mass is 330 g/mol. The quantitative estimate of drug-likeness (QED) is 0.550. The first kappa shape index (κ1) is 16.4. The van der Waals surface area contributed by atoms with Crippen LogP contribution in [0.1, 0.15) is 23.0 Å². The van der Waals surface area contributed by atoms with Gasteiger partial charge in [-0.1, -0.05) is 66.7 Å². The van der Waals surface area contributed by atoms with E-state index in [-0.39, 0.29) is 5.91 Å². The van der Waals surface area contributed by atoms with Crippen molar-refractivity contribution in [1.82, 2.24) is 15.6 Å². The summed E-state index contributed by atoms with van der Waals surface area (Å²) < 4.78 is 0. The Morgan fingerprint density at radius 2 is 1.76 bits per heavy atom. The Kier molecular flexibility index (Phi) is 5.16. The second kappa shape index (κ2) is 7.88. The molecule has 124 valence electrons. The predicted molar refractivity (Wildman–Crippen MR) is 100 cm³/mol. The number of nitrogens with zero attached hydrogens (tertiary/aromatic N) is 2. The Bertz CT molecular complexity index is 896. The second-order valence-corrected chi connectivity index (χ2v) is 5.53. The van der Waals surface area contributed by atoms with E-state index in [1.54, 1.807) is 12.3 Å². The molecule has 0 aliphatic rings. The maximum Gasteiger partial charge on any atom is 0.289 e. The fourth-order valence-corrected chi connectivity index (χ4v) is 2.30. The Hall–Kier alpha value is -3.47. The van der Waals surface area contributed by atoms with Crippen LogP contribution in [0, 0.1) is 0 Å². The van der Waals surface area contributed by atoms with Crippen molar-refractivity contribution >= 4 is 18.2 Å². The van der Waals surface area contributed by atoms with E-state index in [0.29, 0.717) is 5.69 Å². The van der Waals surface area contributed by atoms with Gasteiger partial charge in [0.2, 0.25) is 0 Å². The average Bonchev–Trinajstić information content (AvgIpc) is 3.13. The largest absolute Gasteiger partial charge is 0.289 e. The van der Waals surface area contributed by atoms with Crippen molar-refractivity contribution in [3.05, 3.63) is 83.6 Å². The Balaban J connectivity index is 1.61. The zero-order valence-electron chi connectivity index (χ0n) is 13.8. The van der Waals surface area contributed by atoms with Crippen LogP contribution < -0.4 is 5.43 Å². The third kappa shape index (κ3) is 4.51. The first-order valence-electron chi connectivity index (χ1n) is 7.90. The molecular weight excluding hydrogens is 312 g/mol. The highest BCUT2D eigenvalue weighted by Crippen LogP contribution is 2.16. The lowest BCUT2D eigenvalue weighted by Crippen LogP contribution is -2.17. The maximum absolute atomic E-state index is 12.1. The first-order chi connectivity index (χ1) is 12.2. The number of carbonyl (C=O) groups is 1. The molecule has 0 bridgehead atoms. The molecule has 1 amide bonds. The third-order valence-electron chi connectivity index (χ3n) is 3.52. The molecule has 0 saturated heterocycles. The van der Waals surface area contributed by atoms with Crippen LogP contribution in [0.4, 0.5) is 0 Å². The lowest BCUT2D eigenvalue weighted by atomic mass is 10.1. The lowest BCUT2D eigenvalue weighted by molar-refractivity contribution is 0.0950. The van der Waals surface area contributed by atoms with Crippen LogP contribution >= 0.6 is 0 Å². The Labute approximate surface area is 146 Å². The molecule has 0 saturated carbocycles. The molecular formula is C20H18N4O. The number of nitrogens with one attached hydrogen (secondary N) is 2. The Morgan fingerprint density at radius 1 is 1.08 bits per heavy atom. The normalized spacial score (nSPS) is 11.6. The standard InChI is InChI=1S/C20H18N4O/c1-15(12-16-8-4-2-5-9-16)14-21-24-20(25)19-13-18(22-23-19)17-10-6-3-7-11-17/h2-14H,1H3,(H,22,23)(H,24,25)/b15-12+,21-14+. The van der Waals surface area contributed by atoms with Gasteiger partial charge in [-0.05, 0) is 24.1 Å². The number of amides is 1. The van der Waals surface area contributed by atoms with Gasteiger partial charge in [0.25, 0.3) is 5.91 Å². The number of carbonyl (C=O) groups excluding carboxylic acids is 1. The van der Waals surface area contributed by atoms with Crippen LogP contribution in [-0.4, -0.2) is 22.3 Å². The molecule has 2 N–H and O–H groups in total. The number of hydrogen-bond donors (Lipinski definition) is 2. The van der Waals surface area contributed by atoms with Gasteiger partial charge in [-0.3, -0.25) is 9.89 Å². The van der Waals surface area contributed by atoms with Gasteiger partial charge >= 0.3 is 0 Å².